The minimum Gasteiger partial charge on any atom is -0.493 e. The molecule has 1 saturated carbocycles. The predicted molar refractivity (Wildman–Crippen MR) is 89.8 cm³/mol. The number of nitro benzene ring substituents is 1. The third kappa shape index (κ3) is 4.37. The first-order valence-electron chi connectivity index (χ1n) is 8.28. The average molecular weight is 336 g/mol. The Bertz CT molecular complexity index is 595. The lowest BCUT2D eigenvalue weighted by Crippen LogP contribution is -2.35. The molecule has 1 fully saturated rings. The molecule has 0 spiro atoms. The lowest BCUT2D eigenvalue weighted by molar-refractivity contribution is -0.385. The van der Waals surface area contributed by atoms with Gasteiger partial charge >= 0.3 is 0 Å². The summed E-state index contributed by atoms with van der Waals surface area (Å²) in [5.74, 6) is 0.0887. The molecule has 1 amide bonds. The summed E-state index contributed by atoms with van der Waals surface area (Å²) in [7, 11) is 2.83. The summed E-state index contributed by atoms with van der Waals surface area (Å²) >= 11 is 0. The van der Waals surface area contributed by atoms with Gasteiger partial charge in [0, 0.05) is 12.1 Å². The Morgan fingerprint density at radius 2 is 1.62 bits per heavy atom. The number of ether oxygens (including phenoxy) is 2. The SMILES string of the molecule is COc1cc(C(=O)NC2CCCCCCC2)c([N+](=O)[O-])cc1OC. The van der Waals surface area contributed by atoms with E-state index in [1.54, 1.807) is 0 Å². The van der Waals surface area contributed by atoms with E-state index >= 15 is 0 Å². The van der Waals surface area contributed by atoms with Crippen LogP contribution in [0.25, 0.3) is 0 Å². The molecule has 1 aliphatic carbocycles. The number of nitrogens with one attached hydrogen (secondary N) is 1. The number of carbonyl (C=O) groups is 1. The second-order valence-corrected chi connectivity index (χ2v) is 6.00. The van der Waals surface area contributed by atoms with E-state index in [-0.39, 0.29) is 23.0 Å². The van der Waals surface area contributed by atoms with Crippen molar-refractivity contribution in [2.24, 2.45) is 0 Å². The monoisotopic (exact) mass is 336 g/mol. The minimum absolute atomic E-state index is 0.000269. The van der Waals surface area contributed by atoms with Crippen molar-refractivity contribution in [1.82, 2.24) is 5.32 Å². The van der Waals surface area contributed by atoms with Crippen LogP contribution < -0.4 is 14.8 Å². The Morgan fingerprint density at radius 1 is 1.08 bits per heavy atom. The lowest BCUT2D eigenvalue weighted by atomic mass is 9.96. The maximum absolute atomic E-state index is 12.6. The summed E-state index contributed by atoms with van der Waals surface area (Å²) in [4.78, 5) is 23.3. The molecular weight excluding hydrogens is 312 g/mol. The number of benzene rings is 1. The van der Waals surface area contributed by atoms with Gasteiger partial charge in [-0.15, -0.1) is 0 Å². The zero-order valence-electron chi connectivity index (χ0n) is 14.2. The quantitative estimate of drug-likeness (QED) is 0.657. The van der Waals surface area contributed by atoms with Gasteiger partial charge in [-0.1, -0.05) is 32.1 Å². The zero-order chi connectivity index (χ0) is 17.5. The third-order valence-corrected chi connectivity index (χ3v) is 4.38. The fourth-order valence-corrected chi connectivity index (χ4v) is 3.06. The van der Waals surface area contributed by atoms with Gasteiger partial charge < -0.3 is 14.8 Å². The van der Waals surface area contributed by atoms with Gasteiger partial charge in [0.05, 0.1) is 25.2 Å². The van der Waals surface area contributed by atoms with Crippen LogP contribution in [0.3, 0.4) is 0 Å². The van der Waals surface area contributed by atoms with Crippen molar-refractivity contribution in [3.63, 3.8) is 0 Å². The number of hydrogen-bond acceptors (Lipinski definition) is 5. The Hall–Kier alpha value is -2.31. The third-order valence-electron chi connectivity index (χ3n) is 4.38. The highest BCUT2D eigenvalue weighted by atomic mass is 16.6. The molecule has 132 valence electrons. The van der Waals surface area contributed by atoms with Gasteiger partial charge in [0.15, 0.2) is 11.5 Å². The highest BCUT2D eigenvalue weighted by molar-refractivity contribution is 5.99. The summed E-state index contributed by atoms with van der Waals surface area (Å²) in [6.07, 6.45) is 7.53. The van der Waals surface area contributed by atoms with Crippen LogP contribution in [0.5, 0.6) is 11.5 Å². The van der Waals surface area contributed by atoms with Crippen LogP contribution in [-0.2, 0) is 0 Å². The van der Waals surface area contributed by atoms with Gasteiger partial charge in [0.1, 0.15) is 5.56 Å². The Kier molecular flexibility index (Phi) is 6.40. The molecule has 0 aliphatic heterocycles. The average Bonchev–Trinajstić information content (AvgIpc) is 2.55. The van der Waals surface area contributed by atoms with Crippen molar-refractivity contribution in [1.29, 1.82) is 0 Å². The summed E-state index contributed by atoms with van der Waals surface area (Å²) in [5.41, 5.74) is -0.282. The van der Waals surface area contributed by atoms with E-state index in [0.29, 0.717) is 5.75 Å². The van der Waals surface area contributed by atoms with E-state index in [1.807, 2.05) is 0 Å². The molecule has 2 rings (SSSR count). The molecular formula is C17H24N2O5. The first-order chi connectivity index (χ1) is 11.6. The molecule has 24 heavy (non-hydrogen) atoms. The van der Waals surface area contributed by atoms with Crippen LogP contribution in [0.15, 0.2) is 12.1 Å². The van der Waals surface area contributed by atoms with Crippen molar-refractivity contribution >= 4 is 11.6 Å². The zero-order valence-corrected chi connectivity index (χ0v) is 14.2. The fourth-order valence-electron chi connectivity index (χ4n) is 3.06. The van der Waals surface area contributed by atoms with E-state index < -0.39 is 10.8 Å². The van der Waals surface area contributed by atoms with Crippen molar-refractivity contribution in [2.45, 2.75) is 51.0 Å². The minimum atomic E-state index is -0.574. The van der Waals surface area contributed by atoms with Gasteiger partial charge in [-0.25, -0.2) is 0 Å². The van der Waals surface area contributed by atoms with Gasteiger partial charge in [-0.3, -0.25) is 14.9 Å². The molecule has 0 unspecified atom stereocenters. The molecule has 1 aromatic carbocycles. The molecule has 0 aromatic heterocycles. The number of nitrogens with zero attached hydrogens (tertiary/aromatic N) is 1. The lowest BCUT2D eigenvalue weighted by Gasteiger charge is -2.21. The number of hydrogen-bond donors (Lipinski definition) is 1. The van der Waals surface area contributed by atoms with Crippen LogP contribution in [0.2, 0.25) is 0 Å². The summed E-state index contributed by atoms with van der Waals surface area (Å²) in [6, 6.07) is 2.66. The van der Waals surface area contributed by atoms with Gasteiger partial charge in [-0.2, -0.15) is 0 Å². The van der Waals surface area contributed by atoms with E-state index in [4.69, 9.17) is 9.47 Å². The first-order valence-corrected chi connectivity index (χ1v) is 8.28. The summed E-state index contributed by atoms with van der Waals surface area (Å²) < 4.78 is 10.2. The Morgan fingerprint density at radius 3 is 2.17 bits per heavy atom. The molecule has 1 aliphatic rings. The van der Waals surface area contributed by atoms with E-state index in [9.17, 15) is 14.9 Å². The van der Waals surface area contributed by atoms with Crippen LogP contribution in [0, 0.1) is 10.1 Å². The topological polar surface area (TPSA) is 90.7 Å². The molecule has 7 heteroatoms. The van der Waals surface area contributed by atoms with Crippen molar-refractivity contribution < 1.29 is 19.2 Å². The highest BCUT2D eigenvalue weighted by Gasteiger charge is 2.26. The van der Waals surface area contributed by atoms with Gasteiger partial charge in [-0.05, 0) is 12.8 Å². The second kappa shape index (κ2) is 8.52. The molecule has 1 N–H and O–H groups in total. The molecule has 7 nitrogen and oxygen atoms in total. The van der Waals surface area contributed by atoms with Crippen LogP contribution >= 0.6 is 0 Å². The fraction of sp³-hybridized carbons (Fsp3) is 0.588. The van der Waals surface area contributed by atoms with Crippen molar-refractivity contribution in [3.05, 3.63) is 27.8 Å². The molecule has 0 saturated heterocycles. The number of amides is 1. The highest BCUT2D eigenvalue weighted by Crippen LogP contribution is 2.34. The van der Waals surface area contributed by atoms with Crippen LogP contribution in [-0.4, -0.2) is 31.1 Å². The number of rotatable bonds is 5. The largest absolute Gasteiger partial charge is 0.493 e. The van der Waals surface area contributed by atoms with Crippen molar-refractivity contribution in [3.8, 4) is 11.5 Å². The molecule has 0 radical (unpaired) electrons. The standard InChI is InChI=1S/C17H24N2O5/c1-23-15-10-13(14(19(21)22)11-16(15)24-2)17(20)18-12-8-6-4-3-5-7-9-12/h10-12H,3-9H2,1-2H3,(H,18,20). The van der Waals surface area contributed by atoms with Crippen LogP contribution in [0.1, 0.15) is 55.3 Å². The Balaban J connectivity index is 2.24. The molecule has 0 atom stereocenters. The van der Waals surface area contributed by atoms with Crippen LogP contribution in [0.4, 0.5) is 5.69 Å². The summed E-state index contributed by atoms with van der Waals surface area (Å²) in [6.45, 7) is 0. The van der Waals surface area contributed by atoms with Gasteiger partial charge in [0.25, 0.3) is 11.6 Å². The Labute approximate surface area is 141 Å². The number of nitro groups is 1. The van der Waals surface area contributed by atoms with E-state index in [0.717, 1.165) is 25.7 Å². The van der Waals surface area contributed by atoms with Crippen molar-refractivity contribution in [2.75, 3.05) is 14.2 Å². The predicted octanol–water partition coefficient (Wildman–Crippen LogP) is 3.45. The number of methoxy groups -OCH3 is 2. The first kappa shape index (κ1) is 18.0. The molecule has 1 aromatic rings. The normalized spacial score (nSPS) is 15.9. The van der Waals surface area contributed by atoms with E-state index in [1.165, 1.54) is 45.6 Å². The maximum Gasteiger partial charge on any atom is 0.286 e. The van der Waals surface area contributed by atoms with Gasteiger partial charge in [0.2, 0.25) is 0 Å². The smallest absolute Gasteiger partial charge is 0.286 e. The maximum atomic E-state index is 12.6. The number of carbonyl (C=O) groups excluding carboxylic acids is 1. The molecule has 0 heterocycles. The second-order valence-electron chi connectivity index (χ2n) is 6.00. The summed E-state index contributed by atoms with van der Waals surface area (Å²) in [5, 5.41) is 14.3. The van der Waals surface area contributed by atoms with E-state index in [2.05, 4.69) is 5.32 Å². The molecule has 0 bridgehead atoms.